The van der Waals surface area contributed by atoms with Crippen molar-refractivity contribution in [2.24, 2.45) is 11.8 Å². The van der Waals surface area contributed by atoms with Gasteiger partial charge in [0, 0.05) is 25.5 Å². The maximum Gasteiger partial charge on any atom is 0.407 e. The number of carboxylic acids is 1. The van der Waals surface area contributed by atoms with Crippen molar-refractivity contribution in [1.82, 2.24) is 10.8 Å². The first kappa shape index (κ1) is 22.8. The van der Waals surface area contributed by atoms with E-state index in [0.29, 0.717) is 6.42 Å². The molecule has 2 aromatic rings. The summed E-state index contributed by atoms with van der Waals surface area (Å²) in [7, 11) is 1.34. The van der Waals surface area contributed by atoms with E-state index in [2.05, 4.69) is 35.1 Å². The standard InChI is InChI=1S/C24H26N2O7/c1-31-13-21(23(28)29)33-26-22(27)19-10-14(19)11-25-24(30)32-12-20-17-8-4-2-6-15(17)16-7-3-5-9-18(16)20/h2-9,14,19-21H,10-13H2,1H3,(H,25,30)(H,26,27)(H,28,29)/t14-,19-,21?/m1/s1. The summed E-state index contributed by atoms with van der Waals surface area (Å²) in [5.74, 6) is -2.08. The molecule has 0 radical (unpaired) electrons. The zero-order valence-electron chi connectivity index (χ0n) is 18.2. The van der Waals surface area contributed by atoms with Crippen LogP contribution in [0.4, 0.5) is 4.79 Å². The van der Waals surface area contributed by atoms with Crippen LogP contribution >= 0.6 is 0 Å². The Labute approximate surface area is 191 Å². The van der Waals surface area contributed by atoms with Crippen LogP contribution in [0.15, 0.2) is 48.5 Å². The summed E-state index contributed by atoms with van der Waals surface area (Å²) in [6.45, 7) is 0.320. The third-order valence-corrected chi connectivity index (χ3v) is 6.01. The number of hydroxylamine groups is 1. The third kappa shape index (κ3) is 5.15. The molecule has 0 aliphatic heterocycles. The maximum atomic E-state index is 12.3. The van der Waals surface area contributed by atoms with Crippen molar-refractivity contribution in [3.8, 4) is 11.1 Å². The molecule has 3 N–H and O–H groups in total. The van der Waals surface area contributed by atoms with E-state index in [1.807, 2.05) is 24.3 Å². The summed E-state index contributed by atoms with van der Waals surface area (Å²) in [4.78, 5) is 40.3. The zero-order chi connectivity index (χ0) is 23.4. The number of hydrogen-bond donors (Lipinski definition) is 3. The molecule has 0 saturated heterocycles. The van der Waals surface area contributed by atoms with Crippen LogP contribution < -0.4 is 10.8 Å². The SMILES string of the molecule is COCC(ONC(=O)[C@@H]1C[C@@H]1CNC(=O)OCC1c2ccccc2-c2ccccc21)C(=O)O. The number of nitrogens with one attached hydrogen (secondary N) is 2. The largest absolute Gasteiger partial charge is 0.479 e. The lowest BCUT2D eigenvalue weighted by atomic mass is 9.98. The first-order valence-corrected chi connectivity index (χ1v) is 10.8. The number of rotatable bonds is 10. The second-order valence-corrected chi connectivity index (χ2v) is 8.18. The normalized spacial score (nSPS) is 19.2. The van der Waals surface area contributed by atoms with Gasteiger partial charge < -0.3 is 19.9 Å². The molecule has 2 aliphatic rings. The first-order chi connectivity index (χ1) is 16.0. The average Bonchev–Trinajstić information content (AvgIpc) is 3.54. The minimum absolute atomic E-state index is 0.0194. The van der Waals surface area contributed by atoms with Crippen LogP contribution in [0.3, 0.4) is 0 Å². The van der Waals surface area contributed by atoms with Crippen LogP contribution in [0.2, 0.25) is 0 Å². The van der Waals surface area contributed by atoms with Crippen LogP contribution in [0.5, 0.6) is 0 Å². The molecule has 3 atom stereocenters. The van der Waals surface area contributed by atoms with Gasteiger partial charge in [0.05, 0.1) is 6.61 Å². The van der Waals surface area contributed by atoms with Gasteiger partial charge in [-0.2, -0.15) is 0 Å². The Hall–Kier alpha value is -3.43. The van der Waals surface area contributed by atoms with Crippen LogP contribution in [0, 0.1) is 11.8 Å². The van der Waals surface area contributed by atoms with Gasteiger partial charge in [-0.15, -0.1) is 0 Å². The van der Waals surface area contributed by atoms with E-state index in [4.69, 9.17) is 19.4 Å². The molecule has 9 heteroatoms. The summed E-state index contributed by atoms with van der Waals surface area (Å²) in [5.41, 5.74) is 6.76. The van der Waals surface area contributed by atoms with Gasteiger partial charge in [0.25, 0.3) is 0 Å². The number of alkyl carbamates (subject to hydrolysis) is 1. The van der Waals surface area contributed by atoms with E-state index in [1.54, 1.807) is 0 Å². The van der Waals surface area contributed by atoms with Gasteiger partial charge in [-0.1, -0.05) is 48.5 Å². The van der Waals surface area contributed by atoms with Crippen LogP contribution in [-0.2, 0) is 23.9 Å². The lowest BCUT2D eigenvalue weighted by Crippen LogP contribution is -2.38. The van der Waals surface area contributed by atoms with Gasteiger partial charge >= 0.3 is 12.1 Å². The van der Waals surface area contributed by atoms with Gasteiger partial charge in [-0.05, 0) is 34.6 Å². The number of carbonyl (C=O) groups excluding carboxylic acids is 2. The molecule has 2 aliphatic carbocycles. The quantitative estimate of drug-likeness (QED) is 0.471. The summed E-state index contributed by atoms with van der Waals surface area (Å²) in [5, 5.41) is 11.7. The van der Waals surface area contributed by atoms with Crippen molar-refractivity contribution in [3.63, 3.8) is 0 Å². The number of aliphatic carboxylic acids is 1. The first-order valence-electron chi connectivity index (χ1n) is 10.8. The fourth-order valence-electron chi connectivity index (χ4n) is 4.17. The van der Waals surface area contributed by atoms with E-state index in [9.17, 15) is 14.4 Å². The van der Waals surface area contributed by atoms with Crippen molar-refractivity contribution in [2.75, 3.05) is 26.9 Å². The van der Waals surface area contributed by atoms with Gasteiger partial charge in [-0.25, -0.2) is 15.1 Å². The Bertz CT molecular complexity index is 995. The van der Waals surface area contributed by atoms with Crippen molar-refractivity contribution >= 4 is 18.0 Å². The molecule has 0 heterocycles. The van der Waals surface area contributed by atoms with E-state index in [0.717, 1.165) is 22.3 Å². The second kappa shape index (κ2) is 10.0. The Balaban J connectivity index is 1.21. The van der Waals surface area contributed by atoms with Gasteiger partial charge in [0.1, 0.15) is 6.61 Å². The van der Waals surface area contributed by atoms with Gasteiger partial charge in [0.2, 0.25) is 12.0 Å². The number of amides is 2. The number of carboxylic acid groups (broad SMARTS) is 1. The number of benzene rings is 2. The van der Waals surface area contributed by atoms with E-state index in [1.165, 1.54) is 7.11 Å². The number of hydrogen-bond acceptors (Lipinski definition) is 6. The molecule has 9 nitrogen and oxygen atoms in total. The molecular weight excluding hydrogens is 428 g/mol. The van der Waals surface area contributed by atoms with E-state index >= 15 is 0 Å². The minimum atomic E-state index is -1.28. The fourth-order valence-corrected chi connectivity index (χ4v) is 4.17. The van der Waals surface area contributed by atoms with Crippen LogP contribution in [0.1, 0.15) is 23.5 Å². The Morgan fingerprint density at radius 3 is 2.30 bits per heavy atom. The van der Waals surface area contributed by atoms with Gasteiger partial charge in [-0.3, -0.25) is 9.63 Å². The van der Waals surface area contributed by atoms with Gasteiger partial charge in [0.15, 0.2) is 0 Å². The molecule has 1 saturated carbocycles. The summed E-state index contributed by atoms with van der Waals surface area (Å²) in [6.07, 6.45) is -1.25. The van der Waals surface area contributed by atoms with E-state index < -0.39 is 24.1 Å². The average molecular weight is 454 g/mol. The second-order valence-electron chi connectivity index (χ2n) is 8.18. The fraction of sp³-hybridized carbons (Fsp3) is 0.375. The molecule has 1 unspecified atom stereocenters. The smallest absolute Gasteiger partial charge is 0.407 e. The number of fused-ring (bicyclic) bond motifs is 3. The number of methoxy groups -OCH3 is 1. The molecule has 0 bridgehead atoms. The highest BCUT2D eigenvalue weighted by Crippen LogP contribution is 2.44. The molecular formula is C24H26N2O7. The molecule has 2 amide bonds. The lowest BCUT2D eigenvalue weighted by Gasteiger charge is -2.14. The van der Waals surface area contributed by atoms with Crippen LogP contribution in [-0.4, -0.2) is 56.0 Å². The Morgan fingerprint density at radius 1 is 1.06 bits per heavy atom. The third-order valence-electron chi connectivity index (χ3n) is 6.01. The highest BCUT2D eigenvalue weighted by molar-refractivity contribution is 5.81. The van der Waals surface area contributed by atoms with Crippen molar-refractivity contribution < 1.29 is 33.8 Å². The number of carbonyl (C=O) groups is 3. The zero-order valence-corrected chi connectivity index (χ0v) is 18.2. The highest BCUT2D eigenvalue weighted by Gasteiger charge is 2.43. The highest BCUT2D eigenvalue weighted by atomic mass is 16.7. The topological polar surface area (TPSA) is 123 Å². The Kier molecular flexibility index (Phi) is 6.90. The van der Waals surface area contributed by atoms with Crippen molar-refractivity contribution in [1.29, 1.82) is 0 Å². The molecule has 1 fully saturated rings. The molecule has 33 heavy (non-hydrogen) atoms. The van der Waals surface area contributed by atoms with Crippen molar-refractivity contribution in [3.05, 3.63) is 59.7 Å². The summed E-state index contributed by atoms with van der Waals surface area (Å²) in [6, 6.07) is 16.2. The summed E-state index contributed by atoms with van der Waals surface area (Å²) < 4.78 is 10.2. The molecule has 2 aromatic carbocycles. The Morgan fingerprint density at radius 2 is 1.70 bits per heavy atom. The lowest BCUT2D eigenvalue weighted by molar-refractivity contribution is -0.165. The van der Waals surface area contributed by atoms with Crippen LogP contribution in [0.25, 0.3) is 11.1 Å². The van der Waals surface area contributed by atoms with E-state index in [-0.39, 0.29) is 37.5 Å². The molecule has 0 spiro atoms. The maximum absolute atomic E-state index is 12.3. The molecule has 0 aromatic heterocycles. The predicted octanol–water partition coefficient (Wildman–Crippen LogP) is 2.31. The molecule has 4 rings (SSSR count). The molecule has 174 valence electrons. The summed E-state index contributed by atoms with van der Waals surface area (Å²) >= 11 is 0. The van der Waals surface area contributed by atoms with Crippen molar-refractivity contribution in [2.45, 2.75) is 18.4 Å². The number of ether oxygens (including phenoxy) is 2. The predicted molar refractivity (Wildman–Crippen MR) is 117 cm³/mol. The minimum Gasteiger partial charge on any atom is -0.479 e. The monoisotopic (exact) mass is 454 g/mol.